The number of rotatable bonds is 9. The summed E-state index contributed by atoms with van der Waals surface area (Å²) < 4.78 is 117. The Morgan fingerprint density at radius 1 is 1.00 bits per heavy atom. The lowest BCUT2D eigenvalue weighted by Gasteiger charge is -2.28. The second-order valence-corrected chi connectivity index (χ2v) is 12.1. The highest BCUT2D eigenvalue weighted by Gasteiger charge is 2.38. The largest absolute Gasteiger partial charge is 0.402 e. The average molecular weight is 534 g/mol. The summed E-state index contributed by atoms with van der Waals surface area (Å²) in [6, 6.07) is 7.15. The van der Waals surface area contributed by atoms with E-state index in [1.807, 2.05) is 0 Å². The van der Waals surface area contributed by atoms with Crippen molar-refractivity contribution in [1.29, 1.82) is 0 Å². The first-order valence-electron chi connectivity index (χ1n) is 9.48. The highest BCUT2D eigenvalue weighted by Crippen LogP contribution is 2.39. The molecule has 0 aliphatic rings. The van der Waals surface area contributed by atoms with Crippen LogP contribution in [0, 0.1) is 17.6 Å². The molecule has 2 rings (SSSR count). The number of nitrogens with zero attached hydrogens (tertiary/aromatic N) is 1. The Labute approximate surface area is 194 Å². The van der Waals surface area contributed by atoms with Gasteiger partial charge in [-0.25, -0.2) is 25.6 Å². The molecule has 0 N–H and O–H groups in total. The predicted molar refractivity (Wildman–Crippen MR) is 114 cm³/mol. The number of halogens is 6. The minimum atomic E-state index is -4.82. The lowest BCUT2D eigenvalue weighted by Crippen LogP contribution is -2.39. The highest BCUT2D eigenvalue weighted by molar-refractivity contribution is 7.91. The first kappa shape index (κ1) is 27.5. The molecule has 0 heterocycles. The fourth-order valence-corrected chi connectivity index (χ4v) is 6.36. The molecule has 0 aliphatic heterocycles. The second-order valence-electron chi connectivity index (χ2n) is 7.56. The highest BCUT2D eigenvalue weighted by atomic mass is 35.5. The second kappa shape index (κ2) is 10.2. The van der Waals surface area contributed by atoms with Gasteiger partial charge in [0.2, 0.25) is 10.0 Å². The molecule has 2 unspecified atom stereocenters. The normalized spacial score (nSPS) is 14.9. The minimum absolute atomic E-state index is 0.164. The summed E-state index contributed by atoms with van der Waals surface area (Å²) in [4.78, 5) is -0.261. The van der Waals surface area contributed by atoms with E-state index in [0.717, 1.165) is 12.1 Å². The molecule has 0 saturated heterocycles. The summed E-state index contributed by atoms with van der Waals surface area (Å²) in [6.07, 6.45) is -4.61. The van der Waals surface area contributed by atoms with Crippen LogP contribution in [0.1, 0.15) is 24.2 Å². The van der Waals surface area contributed by atoms with Crippen LogP contribution in [0.25, 0.3) is 0 Å². The topological polar surface area (TPSA) is 71.5 Å². The van der Waals surface area contributed by atoms with E-state index in [1.54, 1.807) is 0 Å². The van der Waals surface area contributed by atoms with Gasteiger partial charge >= 0.3 is 6.18 Å². The van der Waals surface area contributed by atoms with Crippen LogP contribution in [0.2, 0.25) is 5.02 Å². The van der Waals surface area contributed by atoms with E-state index in [9.17, 15) is 38.8 Å². The van der Waals surface area contributed by atoms with Gasteiger partial charge in [-0.3, -0.25) is 0 Å². The third-order valence-corrected chi connectivity index (χ3v) is 8.73. The summed E-state index contributed by atoms with van der Waals surface area (Å²) in [5, 5.41) is -1.48. The Balaban J connectivity index is 2.49. The van der Waals surface area contributed by atoms with Crippen molar-refractivity contribution in [3.63, 3.8) is 0 Å². The number of sulfone groups is 1. The van der Waals surface area contributed by atoms with Crippen molar-refractivity contribution in [2.45, 2.75) is 29.7 Å². The maximum atomic E-state index is 14.6. The van der Waals surface area contributed by atoms with Gasteiger partial charge in [-0.1, -0.05) is 18.5 Å². The summed E-state index contributed by atoms with van der Waals surface area (Å²) in [5.74, 6) is -3.04. The fourth-order valence-electron chi connectivity index (χ4n) is 3.34. The minimum Gasteiger partial charge on any atom is -0.223 e. The lowest BCUT2D eigenvalue weighted by atomic mass is 9.96. The maximum absolute atomic E-state index is 14.6. The van der Waals surface area contributed by atoms with Crippen molar-refractivity contribution in [2.24, 2.45) is 5.92 Å². The molecule has 0 amide bonds. The van der Waals surface area contributed by atoms with Crippen molar-refractivity contribution in [3.8, 4) is 0 Å². The van der Waals surface area contributed by atoms with Crippen LogP contribution in [0.15, 0.2) is 47.4 Å². The number of alkyl halides is 3. The van der Waals surface area contributed by atoms with Crippen LogP contribution in [0.3, 0.4) is 0 Å². The molecule has 0 bridgehead atoms. The summed E-state index contributed by atoms with van der Waals surface area (Å²) in [7, 11) is -8.66. The van der Waals surface area contributed by atoms with Gasteiger partial charge in [-0.05, 0) is 54.8 Å². The molecule has 0 spiro atoms. The van der Waals surface area contributed by atoms with Crippen LogP contribution in [-0.4, -0.2) is 46.7 Å². The molecule has 0 aromatic heterocycles. The van der Waals surface area contributed by atoms with Crippen LogP contribution in [0.4, 0.5) is 22.0 Å². The molecular weight excluding hydrogens is 513 g/mol. The van der Waals surface area contributed by atoms with Crippen LogP contribution in [-0.2, 0) is 19.9 Å². The van der Waals surface area contributed by atoms with Gasteiger partial charge in [0.25, 0.3) is 0 Å². The van der Waals surface area contributed by atoms with E-state index >= 15 is 0 Å². The Bertz CT molecular complexity index is 1190. The third kappa shape index (κ3) is 7.36. The zero-order valence-electron chi connectivity index (χ0n) is 17.5. The lowest BCUT2D eigenvalue weighted by molar-refractivity contribution is -0.136. The van der Waals surface area contributed by atoms with Crippen molar-refractivity contribution >= 4 is 31.5 Å². The Hall–Kier alpha value is -1.76. The summed E-state index contributed by atoms with van der Waals surface area (Å²) >= 11 is 5.79. The molecule has 5 nitrogen and oxygen atoms in total. The van der Waals surface area contributed by atoms with E-state index in [-0.39, 0.29) is 20.6 Å². The quantitative estimate of drug-likeness (QED) is 0.426. The van der Waals surface area contributed by atoms with Crippen molar-refractivity contribution < 1.29 is 38.8 Å². The smallest absolute Gasteiger partial charge is 0.223 e. The number of sulfonamides is 1. The van der Waals surface area contributed by atoms with E-state index in [4.69, 9.17) is 11.6 Å². The van der Waals surface area contributed by atoms with E-state index in [1.165, 1.54) is 31.2 Å². The van der Waals surface area contributed by atoms with Crippen molar-refractivity contribution in [1.82, 2.24) is 4.31 Å². The van der Waals surface area contributed by atoms with Gasteiger partial charge < -0.3 is 0 Å². The molecule has 13 heteroatoms. The monoisotopic (exact) mass is 533 g/mol. The summed E-state index contributed by atoms with van der Waals surface area (Å²) in [5.41, 5.74) is -0.515. The van der Waals surface area contributed by atoms with Crippen LogP contribution < -0.4 is 0 Å². The van der Waals surface area contributed by atoms with Crippen LogP contribution >= 0.6 is 11.6 Å². The SMILES string of the molecule is CC(CCN(CC(F)(F)F)S(C)(=O)=O)C(c1cc(F)ccc1F)S(=O)(=O)c1ccc(Cl)cc1. The average Bonchev–Trinajstić information content (AvgIpc) is 2.66. The molecular formula is C20H21ClF5NO4S2. The molecule has 184 valence electrons. The van der Waals surface area contributed by atoms with Gasteiger partial charge in [0, 0.05) is 17.1 Å². The van der Waals surface area contributed by atoms with Gasteiger partial charge in [0.15, 0.2) is 9.84 Å². The third-order valence-electron chi connectivity index (χ3n) is 4.92. The van der Waals surface area contributed by atoms with E-state index in [2.05, 4.69) is 0 Å². The molecule has 0 radical (unpaired) electrons. The molecule has 33 heavy (non-hydrogen) atoms. The van der Waals surface area contributed by atoms with Gasteiger partial charge in [-0.15, -0.1) is 0 Å². The van der Waals surface area contributed by atoms with Gasteiger partial charge in [0.05, 0.1) is 16.4 Å². The molecule has 0 aliphatic carbocycles. The maximum Gasteiger partial charge on any atom is 0.402 e. The number of hydrogen-bond donors (Lipinski definition) is 0. The zero-order valence-corrected chi connectivity index (χ0v) is 19.9. The van der Waals surface area contributed by atoms with Crippen molar-refractivity contribution in [2.75, 3.05) is 19.3 Å². The Morgan fingerprint density at radius 3 is 2.09 bits per heavy atom. The molecule has 2 aromatic carbocycles. The van der Waals surface area contributed by atoms with E-state index in [0.29, 0.717) is 12.3 Å². The van der Waals surface area contributed by atoms with Crippen molar-refractivity contribution in [3.05, 3.63) is 64.7 Å². The van der Waals surface area contributed by atoms with Crippen LogP contribution in [0.5, 0.6) is 0 Å². The molecule has 0 fully saturated rings. The number of benzene rings is 2. The predicted octanol–water partition coefficient (Wildman–Crippen LogP) is 4.98. The Kier molecular flexibility index (Phi) is 8.53. The summed E-state index contributed by atoms with van der Waals surface area (Å²) in [6.45, 7) is -1.12. The van der Waals surface area contributed by atoms with E-state index < -0.39 is 67.5 Å². The molecule has 2 atom stereocenters. The molecule has 0 saturated carbocycles. The van der Waals surface area contributed by atoms with Gasteiger partial charge in [0.1, 0.15) is 18.2 Å². The Morgan fingerprint density at radius 2 is 1.58 bits per heavy atom. The van der Waals surface area contributed by atoms with Gasteiger partial charge in [-0.2, -0.15) is 17.5 Å². The first-order chi connectivity index (χ1) is 15.0. The number of hydrogen-bond acceptors (Lipinski definition) is 4. The first-order valence-corrected chi connectivity index (χ1v) is 13.3. The standard InChI is InChI=1S/C20H21ClF5NO4S2/c1-13(9-10-27(32(2,28)29)12-20(24,25)26)19(17-11-15(22)5-8-18(17)23)33(30,31)16-6-3-14(21)4-7-16/h3-8,11,13,19H,9-10,12H2,1-2H3. The zero-order chi connectivity index (χ0) is 25.2. The molecule has 2 aromatic rings. The fraction of sp³-hybridized carbons (Fsp3) is 0.400.